The van der Waals surface area contributed by atoms with Gasteiger partial charge in [0.25, 0.3) is 0 Å². The highest BCUT2D eigenvalue weighted by Gasteiger charge is 2.08. The van der Waals surface area contributed by atoms with Crippen molar-refractivity contribution in [2.24, 2.45) is 0 Å². The van der Waals surface area contributed by atoms with Gasteiger partial charge >= 0.3 is 0 Å². The molecule has 0 saturated heterocycles. The number of para-hydroxylation sites is 1. The number of aliphatic hydroxyl groups is 1. The second-order valence-electron chi connectivity index (χ2n) is 7.48. The van der Waals surface area contributed by atoms with Crippen molar-refractivity contribution >= 4 is 37.5 Å². The van der Waals surface area contributed by atoms with Gasteiger partial charge in [-0.15, -0.1) is 0 Å². The lowest BCUT2D eigenvalue weighted by atomic mass is 10.1. The summed E-state index contributed by atoms with van der Waals surface area (Å²) in [5.41, 5.74) is 3.41. The molecule has 0 saturated carbocycles. The van der Waals surface area contributed by atoms with Crippen LogP contribution in [0.1, 0.15) is 5.56 Å². The minimum absolute atomic E-state index is 0.348. The van der Waals surface area contributed by atoms with Gasteiger partial charge in [-0.25, -0.2) is 8.42 Å². The highest BCUT2D eigenvalue weighted by molar-refractivity contribution is 7.92. The summed E-state index contributed by atoms with van der Waals surface area (Å²) >= 11 is 0. The van der Waals surface area contributed by atoms with Crippen LogP contribution in [0.25, 0.3) is 21.8 Å². The summed E-state index contributed by atoms with van der Waals surface area (Å²) in [4.78, 5) is 3.39. The highest BCUT2D eigenvalue weighted by Crippen LogP contribution is 2.28. The molecule has 0 aliphatic carbocycles. The number of aliphatic hydroxyl groups excluding tert-OH is 1. The van der Waals surface area contributed by atoms with Gasteiger partial charge in [-0.05, 0) is 35.9 Å². The van der Waals surface area contributed by atoms with Gasteiger partial charge in [-0.2, -0.15) is 0 Å². The van der Waals surface area contributed by atoms with Gasteiger partial charge in [-0.1, -0.05) is 30.3 Å². The van der Waals surface area contributed by atoms with Gasteiger partial charge in [-0.3, -0.25) is 10.0 Å². The van der Waals surface area contributed by atoms with Crippen LogP contribution >= 0.6 is 0 Å². The Morgan fingerprint density at radius 2 is 1.81 bits per heavy atom. The van der Waals surface area contributed by atoms with E-state index in [2.05, 4.69) is 21.1 Å². The molecule has 0 aliphatic rings. The molecule has 1 aromatic heterocycles. The molecular weight excluding hydrogens is 414 g/mol. The first-order valence-electron chi connectivity index (χ1n) is 9.99. The van der Waals surface area contributed by atoms with Crippen LogP contribution in [-0.4, -0.2) is 44.1 Å². The van der Waals surface area contributed by atoms with Crippen LogP contribution in [0.5, 0.6) is 5.75 Å². The standard InChI is InChI=1S/C23H25N3O4S/c1-31(28,29)26-17-6-4-5-16(13-17)14-23(27)24-11-12-30-18-9-10-20-19-7-2-3-8-21(19)25-22(20)15-18/h2-10,13,15,23-27H,11-12,14H2,1H3. The van der Waals surface area contributed by atoms with Crippen LogP contribution in [0, 0.1) is 0 Å². The number of hydrogen-bond acceptors (Lipinski definition) is 5. The Kier molecular flexibility index (Phi) is 6.13. The molecule has 1 unspecified atom stereocenters. The number of hydrogen-bond donors (Lipinski definition) is 4. The number of benzene rings is 3. The summed E-state index contributed by atoms with van der Waals surface area (Å²) < 4.78 is 31.0. The number of sulfonamides is 1. The van der Waals surface area contributed by atoms with Gasteiger partial charge in [0.1, 0.15) is 18.6 Å². The van der Waals surface area contributed by atoms with Gasteiger partial charge in [0.2, 0.25) is 10.0 Å². The molecule has 31 heavy (non-hydrogen) atoms. The summed E-state index contributed by atoms with van der Waals surface area (Å²) in [7, 11) is -3.33. The molecule has 1 atom stereocenters. The maximum absolute atomic E-state index is 11.4. The Morgan fingerprint density at radius 1 is 1.00 bits per heavy atom. The number of anilines is 1. The molecule has 0 bridgehead atoms. The second-order valence-corrected chi connectivity index (χ2v) is 9.22. The molecule has 0 amide bonds. The van der Waals surface area contributed by atoms with Crippen molar-refractivity contribution in [3.8, 4) is 5.75 Å². The van der Waals surface area contributed by atoms with Gasteiger partial charge in [0, 0.05) is 41.0 Å². The van der Waals surface area contributed by atoms with E-state index in [0.29, 0.717) is 25.3 Å². The SMILES string of the molecule is CS(=O)(=O)Nc1cccc(CC(O)NCCOc2ccc3c(c2)[nH]c2ccccc23)c1. The van der Waals surface area contributed by atoms with Crippen LogP contribution in [0.2, 0.25) is 0 Å². The summed E-state index contributed by atoms with van der Waals surface area (Å²) in [5.74, 6) is 0.759. The Balaban J connectivity index is 1.28. The smallest absolute Gasteiger partial charge is 0.229 e. The quantitative estimate of drug-likeness (QED) is 0.237. The molecule has 8 heteroatoms. The molecule has 0 fully saturated rings. The van der Waals surface area contributed by atoms with E-state index in [0.717, 1.165) is 34.0 Å². The number of aromatic nitrogens is 1. The maximum atomic E-state index is 11.4. The first kappa shape index (κ1) is 21.2. The third-order valence-corrected chi connectivity index (χ3v) is 5.49. The molecule has 4 rings (SSSR count). The van der Waals surface area contributed by atoms with Crippen LogP contribution in [-0.2, 0) is 16.4 Å². The molecule has 7 nitrogen and oxygen atoms in total. The molecule has 1 heterocycles. The molecule has 162 valence electrons. The predicted octanol–water partition coefficient (Wildman–Crippen LogP) is 3.22. The Bertz CT molecular complexity index is 1300. The zero-order chi connectivity index (χ0) is 21.8. The number of ether oxygens (including phenoxy) is 1. The molecule has 0 aliphatic heterocycles. The highest BCUT2D eigenvalue weighted by atomic mass is 32.2. The molecule has 3 aromatic carbocycles. The normalized spacial score (nSPS) is 12.8. The van der Waals surface area contributed by atoms with Crippen molar-refractivity contribution in [3.63, 3.8) is 0 Å². The van der Waals surface area contributed by atoms with Crippen molar-refractivity contribution in [2.45, 2.75) is 12.6 Å². The Hall–Kier alpha value is -3.07. The average molecular weight is 440 g/mol. The van der Waals surface area contributed by atoms with Crippen LogP contribution in [0.4, 0.5) is 5.69 Å². The lowest BCUT2D eigenvalue weighted by Crippen LogP contribution is -2.34. The summed E-state index contributed by atoms with van der Waals surface area (Å²) in [5, 5.41) is 15.6. The van der Waals surface area contributed by atoms with Crippen molar-refractivity contribution in [1.29, 1.82) is 0 Å². The van der Waals surface area contributed by atoms with Crippen LogP contribution < -0.4 is 14.8 Å². The third-order valence-electron chi connectivity index (χ3n) is 4.89. The zero-order valence-corrected chi connectivity index (χ0v) is 17.9. The van der Waals surface area contributed by atoms with E-state index in [1.165, 1.54) is 5.39 Å². The summed E-state index contributed by atoms with van der Waals surface area (Å²) in [6, 6.07) is 21.1. The van der Waals surface area contributed by atoms with Crippen molar-refractivity contribution < 1.29 is 18.3 Å². The van der Waals surface area contributed by atoms with E-state index in [4.69, 9.17) is 4.74 Å². The molecule has 4 N–H and O–H groups in total. The van der Waals surface area contributed by atoms with E-state index < -0.39 is 16.3 Å². The maximum Gasteiger partial charge on any atom is 0.229 e. The first-order valence-corrected chi connectivity index (χ1v) is 11.9. The number of rotatable bonds is 9. The largest absolute Gasteiger partial charge is 0.492 e. The fourth-order valence-electron chi connectivity index (χ4n) is 3.59. The van der Waals surface area contributed by atoms with E-state index >= 15 is 0 Å². The van der Waals surface area contributed by atoms with Crippen molar-refractivity contribution in [1.82, 2.24) is 10.3 Å². The van der Waals surface area contributed by atoms with Gasteiger partial charge < -0.3 is 14.8 Å². The van der Waals surface area contributed by atoms with E-state index in [-0.39, 0.29) is 0 Å². The lowest BCUT2D eigenvalue weighted by Gasteiger charge is -2.14. The fraction of sp³-hybridized carbons (Fsp3) is 0.217. The van der Waals surface area contributed by atoms with Crippen LogP contribution in [0.15, 0.2) is 66.7 Å². The second kappa shape index (κ2) is 8.97. The fourth-order valence-corrected chi connectivity index (χ4v) is 4.14. The lowest BCUT2D eigenvalue weighted by molar-refractivity contribution is 0.130. The predicted molar refractivity (Wildman–Crippen MR) is 124 cm³/mol. The van der Waals surface area contributed by atoms with Gasteiger partial charge in [0.05, 0.1) is 11.8 Å². The van der Waals surface area contributed by atoms with Gasteiger partial charge in [0.15, 0.2) is 0 Å². The summed E-state index contributed by atoms with van der Waals surface area (Å²) in [6.45, 7) is 0.867. The van der Waals surface area contributed by atoms with Crippen molar-refractivity contribution in [3.05, 3.63) is 72.3 Å². The first-order chi connectivity index (χ1) is 14.9. The average Bonchev–Trinajstić information content (AvgIpc) is 3.08. The number of H-pyrrole nitrogens is 1. The van der Waals surface area contributed by atoms with E-state index in [1.807, 2.05) is 42.5 Å². The third kappa shape index (κ3) is 5.55. The summed E-state index contributed by atoms with van der Waals surface area (Å²) in [6.07, 6.45) is 0.681. The topological polar surface area (TPSA) is 103 Å². The van der Waals surface area contributed by atoms with Crippen LogP contribution in [0.3, 0.4) is 0 Å². The number of nitrogens with one attached hydrogen (secondary N) is 3. The minimum atomic E-state index is -3.33. The Morgan fingerprint density at radius 3 is 2.65 bits per heavy atom. The minimum Gasteiger partial charge on any atom is -0.492 e. The number of fused-ring (bicyclic) bond motifs is 3. The van der Waals surface area contributed by atoms with E-state index in [1.54, 1.807) is 18.2 Å². The molecular formula is C23H25N3O4S. The molecule has 4 aromatic rings. The number of aromatic amines is 1. The van der Waals surface area contributed by atoms with Crippen molar-refractivity contribution in [2.75, 3.05) is 24.1 Å². The zero-order valence-electron chi connectivity index (χ0n) is 17.1. The van der Waals surface area contributed by atoms with E-state index in [9.17, 15) is 13.5 Å². The molecule has 0 spiro atoms. The Labute approximate surface area is 181 Å². The molecule has 0 radical (unpaired) electrons. The monoisotopic (exact) mass is 439 g/mol.